The van der Waals surface area contributed by atoms with Crippen molar-refractivity contribution < 1.29 is 4.42 Å². The fourth-order valence-electron chi connectivity index (χ4n) is 8.73. The van der Waals surface area contributed by atoms with E-state index in [2.05, 4.69) is 162 Å². The molecular formula is C55H34N4O. The van der Waals surface area contributed by atoms with Crippen molar-refractivity contribution >= 4 is 54.6 Å². The topological polar surface area (TPSA) is 56.7 Å². The Morgan fingerprint density at radius 1 is 0.367 bits per heavy atom. The highest BCUT2D eigenvalue weighted by atomic mass is 16.3. The van der Waals surface area contributed by atoms with Gasteiger partial charge in [0.05, 0.1) is 27.9 Å². The fourth-order valence-corrected chi connectivity index (χ4v) is 8.73. The third kappa shape index (κ3) is 5.59. The summed E-state index contributed by atoms with van der Waals surface area (Å²) in [5.41, 5.74) is 14.9. The van der Waals surface area contributed by atoms with Crippen molar-refractivity contribution in [2.75, 3.05) is 0 Å². The van der Waals surface area contributed by atoms with Crippen molar-refractivity contribution in [2.24, 2.45) is 0 Å². The van der Waals surface area contributed by atoms with Gasteiger partial charge < -0.3 is 8.98 Å². The second-order valence-corrected chi connectivity index (χ2v) is 15.2. The van der Waals surface area contributed by atoms with Crippen LogP contribution < -0.4 is 0 Å². The Labute approximate surface area is 345 Å². The molecule has 0 fully saturated rings. The van der Waals surface area contributed by atoms with Crippen molar-refractivity contribution in [3.05, 3.63) is 206 Å². The number of para-hydroxylation sites is 3. The van der Waals surface area contributed by atoms with Gasteiger partial charge in [-0.1, -0.05) is 158 Å². The molecule has 0 amide bonds. The van der Waals surface area contributed by atoms with Crippen LogP contribution in [0, 0.1) is 0 Å². The second-order valence-electron chi connectivity index (χ2n) is 15.2. The molecule has 0 N–H and O–H groups in total. The largest absolute Gasteiger partial charge is 0.454 e. The average Bonchev–Trinajstić information content (AvgIpc) is 3.89. The summed E-state index contributed by atoms with van der Waals surface area (Å²) in [6.07, 6.45) is 0. The van der Waals surface area contributed by atoms with Gasteiger partial charge in [0.15, 0.2) is 11.4 Å². The van der Waals surface area contributed by atoms with Gasteiger partial charge in [-0.2, -0.15) is 0 Å². The van der Waals surface area contributed by atoms with E-state index in [4.69, 9.17) is 19.4 Å². The highest BCUT2D eigenvalue weighted by molar-refractivity contribution is 6.21. The normalized spacial score (nSPS) is 11.7. The van der Waals surface area contributed by atoms with Gasteiger partial charge in [-0.15, -0.1) is 0 Å². The maximum atomic E-state index is 6.52. The first-order valence-corrected chi connectivity index (χ1v) is 20.2. The minimum absolute atomic E-state index is 0.673. The Bertz CT molecular complexity index is 3520. The number of fused-ring (bicyclic) bond motifs is 8. The summed E-state index contributed by atoms with van der Waals surface area (Å²) in [5, 5.41) is 5.71. The first-order valence-electron chi connectivity index (χ1n) is 20.2. The summed E-state index contributed by atoms with van der Waals surface area (Å²) >= 11 is 0. The molecule has 0 spiro atoms. The van der Waals surface area contributed by atoms with Crippen molar-refractivity contribution in [1.82, 2.24) is 19.5 Å². The maximum Gasteiger partial charge on any atom is 0.162 e. The van der Waals surface area contributed by atoms with E-state index in [1.54, 1.807) is 0 Å². The standard InChI is InChI=1S/C55H34N4O/c1-3-13-36(14-4-1)47-34-48(37-27-30-41(31-28-37)59-49-20-10-7-17-42(49)43-18-8-11-21-50(43)59)58-55(57-47)39-25-23-35(24-26-39)40-29-32-46-45(33-40)52-44-19-9-12-22-51(44)60-54(52)53(56-46)38-15-5-2-6-16-38/h1-34H. The Balaban J connectivity index is 0.935. The summed E-state index contributed by atoms with van der Waals surface area (Å²) in [6.45, 7) is 0. The van der Waals surface area contributed by atoms with Crippen LogP contribution in [0.15, 0.2) is 211 Å². The molecule has 0 aliphatic rings. The molecule has 60 heavy (non-hydrogen) atoms. The minimum atomic E-state index is 0.673. The lowest BCUT2D eigenvalue weighted by atomic mass is 9.98. The molecule has 5 nitrogen and oxygen atoms in total. The smallest absolute Gasteiger partial charge is 0.162 e. The molecule has 8 aromatic carbocycles. The monoisotopic (exact) mass is 766 g/mol. The third-order valence-electron chi connectivity index (χ3n) is 11.6. The highest BCUT2D eigenvalue weighted by Gasteiger charge is 2.19. The Morgan fingerprint density at radius 2 is 0.900 bits per heavy atom. The Kier molecular flexibility index (Phi) is 7.78. The van der Waals surface area contributed by atoms with E-state index in [1.807, 2.05) is 48.5 Å². The maximum absolute atomic E-state index is 6.52. The van der Waals surface area contributed by atoms with Crippen LogP contribution in [0.4, 0.5) is 0 Å². The number of rotatable bonds is 6. The molecule has 0 saturated heterocycles. The van der Waals surface area contributed by atoms with E-state index in [1.165, 1.54) is 21.8 Å². The van der Waals surface area contributed by atoms with E-state index < -0.39 is 0 Å². The predicted octanol–water partition coefficient (Wildman–Crippen LogP) is 14.4. The molecule has 0 aliphatic heterocycles. The lowest BCUT2D eigenvalue weighted by Crippen LogP contribution is -1.97. The number of hydrogen-bond donors (Lipinski definition) is 0. The molecule has 280 valence electrons. The van der Waals surface area contributed by atoms with E-state index in [9.17, 15) is 0 Å². The molecule has 4 heterocycles. The van der Waals surface area contributed by atoms with Crippen molar-refractivity contribution in [2.45, 2.75) is 0 Å². The van der Waals surface area contributed by atoms with Crippen molar-refractivity contribution in [3.8, 4) is 62.0 Å². The molecule has 12 aromatic rings. The fraction of sp³-hybridized carbons (Fsp3) is 0. The highest BCUT2D eigenvalue weighted by Crippen LogP contribution is 2.41. The molecule has 0 aliphatic carbocycles. The first-order chi connectivity index (χ1) is 29.7. The van der Waals surface area contributed by atoms with Gasteiger partial charge in [-0.25, -0.2) is 15.0 Å². The van der Waals surface area contributed by atoms with E-state index >= 15 is 0 Å². The van der Waals surface area contributed by atoms with Gasteiger partial charge in [0.25, 0.3) is 0 Å². The van der Waals surface area contributed by atoms with Gasteiger partial charge in [0, 0.05) is 54.9 Å². The van der Waals surface area contributed by atoms with Gasteiger partial charge in [0.1, 0.15) is 11.3 Å². The molecule has 12 rings (SSSR count). The van der Waals surface area contributed by atoms with Crippen LogP contribution in [0.2, 0.25) is 0 Å². The minimum Gasteiger partial charge on any atom is -0.454 e. The zero-order chi connectivity index (χ0) is 39.6. The molecule has 4 aromatic heterocycles. The lowest BCUT2D eigenvalue weighted by molar-refractivity contribution is 0.669. The van der Waals surface area contributed by atoms with E-state index in [0.29, 0.717) is 5.82 Å². The number of hydrogen-bond acceptors (Lipinski definition) is 4. The van der Waals surface area contributed by atoms with Crippen molar-refractivity contribution in [1.29, 1.82) is 0 Å². The SMILES string of the molecule is c1ccc(-c2cc(-c3ccc(-n4c5ccccc5c5ccccc54)cc3)nc(-c3ccc(-c4ccc5nc(-c6ccccc6)c6oc7ccccc7c6c5c4)cc3)n2)cc1. The summed E-state index contributed by atoms with van der Waals surface area (Å²) in [7, 11) is 0. The number of pyridine rings is 1. The molecule has 5 heteroatoms. The number of nitrogens with zero attached hydrogens (tertiary/aromatic N) is 4. The van der Waals surface area contributed by atoms with Crippen LogP contribution in [-0.4, -0.2) is 19.5 Å². The number of aromatic nitrogens is 4. The summed E-state index contributed by atoms with van der Waals surface area (Å²) in [5.74, 6) is 0.673. The molecule has 0 unspecified atom stereocenters. The zero-order valence-electron chi connectivity index (χ0n) is 32.3. The summed E-state index contributed by atoms with van der Waals surface area (Å²) in [4.78, 5) is 15.5. The van der Waals surface area contributed by atoms with Crippen LogP contribution >= 0.6 is 0 Å². The van der Waals surface area contributed by atoms with E-state index in [0.717, 1.165) is 89.0 Å². The predicted molar refractivity (Wildman–Crippen MR) is 246 cm³/mol. The average molecular weight is 767 g/mol. The first kappa shape index (κ1) is 33.9. The number of benzene rings is 8. The van der Waals surface area contributed by atoms with Crippen LogP contribution in [0.1, 0.15) is 0 Å². The van der Waals surface area contributed by atoms with Crippen LogP contribution in [-0.2, 0) is 0 Å². The number of furan rings is 1. The quantitative estimate of drug-likeness (QED) is 0.169. The van der Waals surface area contributed by atoms with Gasteiger partial charge in [-0.3, -0.25) is 0 Å². The van der Waals surface area contributed by atoms with Gasteiger partial charge >= 0.3 is 0 Å². The molecule has 0 bridgehead atoms. The molecule has 0 radical (unpaired) electrons. The molecule has 0 saturated carbocycles. The summed E-state index contributed by atoms with van der Waals surface area (Å²) in [6, 6.07) is 71.9. The van der Waals surface area contributed by atoms with Gasteiger partial charge in [0.2, 0.25) is 0 Å². The van der Waals surface area contributed by atoms with E-state index in [-0.39, 0.29) is 0 Å². The zero-order valence-corrected chi connectivity index (χ0v) is 32.3. The van der Waals surface area contributed by atoms with Crippen LogP contribution in [0.25, 0.3) is 117 Å². The molecule has 0 atom stereocenters. The third-order valence-corrected chi connectivity index (χ3v) is 11.6. The van der Waals surface area contributed by atoms with Crippen LogP contribution in [0.5, 0.6) is 0 Å². The molecular weight excluding hydrogens is 733 g/mol. The lowest BCUT2D eigenvalue weighted by Gasteiger charge is -2.12. The second kappa shape index (κ2) is 13.8. The van der Waals surface area contributed by atoms with Crippen molar-refractivity contribution in [3.63, 3.8) is 0 Å². The van der Waals surface area contributed by atoms with Gasteiger partial charge in [-0.05, 0) is 59.7 Å². The summed E-state index contributed by atoms with van der Waals surface area (Å²) < 4.78 is 8.85. The Hall–Kier alpha value is -8.15. The van der Waals surface area contributed by atoms with Crippen LogP contribution in [0.3, 0.4) is 0 Å². The Morgan fingerprint density at radius 3 is 1.58 bits per heavy atom.